The minimum atomic E-state index is 0.0308. The van der Waals surface area contributed by atoms with Crippen LogP contribution in [0.5, 0.6) is 0 Å². The number of ether oxygens (including phenoxy) is 1. The van der Waals surface area contributed by atoms with Gasteiger partial charge in [-0.3, -0.25) is 0 Å². The van der Waals surface area contributed by atoms with Gasteiger partial charge in [0.2, 0.25) is 0 Å². The summed E-state index contributed by atoms with van der Waals surface area (Å²) < 4.78 is 5.37. The van der Waals surface area contributed by atoms with Gasteiger partial charge in [0.25, 0.3) is 0 Å². The van der Waals surface area contributed by atoms with E-state index < -0.39 is 0 Å². The van der Waals surface area contributed by atoms with Crippen molar-refractivity contribution >= 4 is 0 Å². The molecule has 14 heavy (non-hydrogen) atoms. The fourth-order valence-electron chi connectivity index (χ4n) is 1.75. The third-order valence-corrected chi connectivity index (χ3v) is 2.70. The zero-order valence-electron chi connectivity index (χ0n) is 8.31. The zero-order valence-corrected chi connectivity index (χ0v) is 8.31. The number of aromatic nitrogens is 4. The van der Waals surface area contributed by atoms with E-state index >= 15 is 0 Å². The van der Waals surface area contributed by atoms with Gasteiger partial charge in [0.05, 0.1) is 13.7 Å². The Morgan fingerprint density at radius 2 is 2.50 bits per heavy atom. The van der Waals surface area contributed by atoms with Crippen molar-refractivity contribution in [2.75, 3.05) is 19.8 Å². The number of nitrogens with zero attached hydrogens (tertiary/aromatic N) is 4. The second-order valence-corrected chi connectivity index (χ2v) is 3.88. The predicted molar refractivity (Wildman–Crippen MR) is 49.4 cm³/mol. The fraction of sp³-hybridized carbons (Fsp3) is 0.875. The summed E-state index contributed by atoms with van der Waals surface area (Å²) in [4.78, 5) is 1.47. The molecule has 2 heterocycles. The summed E-state index contributed by atoms with van der Waals surface area (Å²) in [5, 5.41) is 11.9. The van der Waals surface area contributed by atoms with E-state index in [1.807, 2.05) is 0 Å². The molecule has 1 saturated heterocycles. The van der Waals surface area contributed by atoms with Gasteiger partial charge in [-0.1, -0.05) is 0 Å². The van der Waals surface area contributed by atoms with Crippen LogP contribution >= 0.6 is 0 Å². The van der Waals surface area contributed by atoms with Crippen LogP contribution < -0.4 is 5.73 Å². The van der Waals surface area contributed by atoms with E-state index in [1.165, 1.54) is 4.80 Å². The Balaban J connectivity index is 2.08. The van der Waals surface area contributed by atoms with Crippen molar-refractivity contribution < 1.29 is 4.74 Å². The Labute approximate surface area is 82.4 Å². The Kier molecular flexibility index (Phi) is 2.47. The SMILES string of the molecule is Cn1nnc(CC2(CN)CCOC2)n1. The first-order valence-corrected chi connectivity index (χ1v) is 4.75. The van der Waals surface area contributed by atoms with Crippen LogP contribution in [0.15, 0.2) is 0 Å². The molecule has 2 rings (SSSR count). The highest BCUT2D eigenvalue weighted by molar-refractivity contribution is 4.93. The zero-order chi connectivity index (χ0) is 10.0. The second kappa shape index (κ2) is 3.62. The van der Waals surface area contributed by atoms with Crippen LogP contribution in [0.4, 0.5) is 0 Å². The quantitative estimate of drug-likeness (QED) is 0.680. The van der Waals surface area contributed by atoms with Crippen molar-refractivity contribution in [2.45, 2.75) is 12.8 Å². The van der Waals surface area contributed by atoms with Crippen LogP contribution in [0.25, 0.3) is 0 Å². The molecular formula is C8H15N5O. The minimum Gasteiger partial charge on any atom is -0.381 e. The Morgan fingerprint density at radius 1 is 1.64 bits per heavy atom. The third kappa shape index (κ3) is 1.76. The van der Waals surface area contributed by atoms with E-state index in [1.54, 1.807) is 7.05 Å². The molecule has 1 unspecified atom stereocenters. The molecule has 0 aromatic carbocycles. The molecule has 1 aliphatic rings. The van der Waals surface area contributed by atoms with Crippen LogP contribution in [0.2, 0.25) is 0 Å². The summed E-state index contributed by atoms with van der Waals surface area (Å²) in [5.74, 6) is 0.753. The molecule has 0 amide bonds. The molecular weight excluding hydrogens is 182 g/mol. The number of rotatable bonds is 3. The number of aryl methyl sites for hydroxylation is 1. The second-order valence-electron chi connectivity index (χ2n) is 3.88. The van der Waals surface area contributed by atoms with E-state index in [-0.39, 0.29) is 5.41 Å². The first kappa shape index (κ1) is 9.54. The lowest BCUT2D eigenvalue weighted by atomic mass is 9.84. The maximum atomic E-state index is 5.76. The summed E-state index contributed by atoms with van der Waals surface area (Å²) in [6.07, 6.45) is 1.75. The summed E-state index contributed by atoms with van der Waals surface area (Å²) in [6.45, 7) is 2.12. The van der Waals surface area contributed by atoms with Crippen molar-refractivity contribution in [3.05, 3.63) is 5.82 Å². The van der Waals surface area contributed by atoms with Crippen molar-refractivity contribution in [3.63, 3.8) is 0 Å². The first-order chi connectivity index (χ1) is 6.74. The van der Waals surface area contributed by atoms with Gasteiger partial charge in [-0.25, -0.2) is 0 Å². The molecule has 1 aromatic rings. The summed E-state index contributed by atoms with van der Waals surface area (Å²) in [7, 11) is 1.76. The van der Waals surface area contributed by atoms with Crippen molar-refractivity contribution in [3.8, 4) is 0 Å². The molecule has 0 aliphatic carbocycles. The Morgan fingerprint density at radius 3 is 3.00 bits per heavy atom. The van der Waals surface area contributed by atoms with E-state index in [9.17, 15) is 0 Å². The van der Waals surface area contributed by atoms with Crippen LogP contribution in [0.3, 0.4) is 0 Å². The van der Waals surface area contributed by atoms with Crippen molar-refractivity contribution in [1.29, 1.82) is 0 Å². The van der Waals surface area contributed by atoms with Crippen LogP contribution in [-0.2, 0) is 18.2 Å². The standard InChI is InChI=1S/C8H15N5O/c1-13-11-7(10-12-13)4-8(5-9)2-3-14-6-8/h2-6,9H2,1H3. The number of tetrazole rings is 1. The average Bonchev–Trinajstić information content (AvgIpc) is 2.77. The minimum absolute atomic E-state index is 0.0308. The highest BCUT2D eigenvalue weighted by atomic mass is 16.5. The summed E-state index contributed by atoms with van der Waals surface area (Å²) >= 11 is 0. The van der Waals surface area contributed by atoms with Crippen LogP contribution in [0.1, 0.15) is 12.2 Å². The topological polar surface area (TPSA) is 78.9 Å². The third-order valence-electron chi connectivity index (χ3n) is 2.70. The summed E-state index contributed by atoms with van der Waals surface area (Å²) in [5.41, 5.74) is 5.79. The maximum Gasteiger partial charge on any atom is 0.175 e. The molecule has 0 bridgehead atoms. The lowest BCUT2D eigenvalue weighted by molar-refractivity contribution is 0.153. The van der Waals surface area contributed by atoms with E-state index in [0.717, 1.165) is 25.3 Å². The van der Waals surface area contributed by atoms with Crippen LogP contribution in [0, 0.1) is 5.41 Å². The predicted octanol–water partition coefficient (Wildman–Crippen LogP) is -0.882. The fourth-order valence-corrected chi connectivity index (χ4v) is 1.75. The Hall–Kier alpha value is -1.01. The smallest absolute Gasteiger partial charge is 0.175 e. The molecule has 0 spiro atoms. The Bertz CT molecular complexity index is 304. The molecule has 1 aliphatic heterocycles. The summed E-state index contributed by atoms with van der Waals surface area (Å²) in [6, 6.07) is 0. The van der Waals surface area contributed by atoms with E-state index in [2.05, 4.69) is 15.4 Å². The number of nitrogens with two attached hydrogens (primary N) is 1. The monoisotopic (exact) mass is 197 g/mol. The molecule has 1 fully saturated rings. The molecule has 6 nitrogen and oxygen atoms in total. The van der Waals surface area contributed by atoms with Gasteiger partial charge in [-0.15, -0.1) is 10.2 Å². The molecule has 6 heteroatoms. The van der Waals surface area contributed by atoms with Gasteiger partial charge in [0.1, 0.15) is 0 Å². The van der Waals surface area contributed by atoms with Gasteiger partial charge >= 0.3 is 0 Å². The molecule has 0 saturated carbocycles. The van der Waals surface area contributed by atoms with Crippen molar-refractivity contribution in [2.24, 2.45) is 18.2 Å². The lowest BCUT2D eigenvalue weighted by Gasteiger charge is -2.22. The lowest BCUT2D eigenvalue weighted by Crippen LogP contribution is -2.33. The molecule has 1 atom stereocenters. The number of hydrogen-bond donors (Lipinski definition) is 1. The van der Waals surface area contributed by atoms with Gasteiger partial charge in [0.15, 0.2) is 5.82 Å². The van der Waals surface area contributed by atoms with Gasteiger partial charge in [-0.05, 0) is 11.6 Å². The molecule has 0 radical (unpaired) electrons. The normalized spacial score (nSPS) is 27.0. The molecule has 78 valence electrons. The van der Waals surface area contributed by atoms with Crippen molar-refractivity contribution in [1.82, 2.24) is 20.2 Å². The highest BCUT2D eigenvalue weighted by Gasteiger charge is 2.35. The molecule has 1 aromatic heterocycles. The van der Waals surface area contributed by atoms with Crippen LogP contribution in [-0.4, -0.2) is 40.0 Å². The van der Waals surface area contributed by atoms with Gasteiger partial charge in [-0.2, -0.15) is 4.80 Å². The van der Waals surface area contributed by atoms with Gasteiger partial charge < -0.3 is 10.5 Å². The van der Waals surface area contributed by atoms with E-state index in [0.29, 0.717) is 13.2 Å². The van der Waals surface area contributed by atoms with Gasteiger partial charge in [0, 0.05) is 25.0 Å². The largest absolute Gasteiger partial charge is 0.381 e. The first-order valence-electron chi connectivity index (χ1n) is 4.75. The number of hydrogen-bond acceptors (Lipinski definition) is 5. The van der Waals surface area contributed by atoms with E-state index in [4.69, 9.17) is 10.5 Å². The average molecular weight is 197 g/mol. The highest BCUT2D eigenvalue weighted by Crippen LogP contribution is 2.30. The molecule has 2 N–H and O–H groups in total. The maximum absolute atomic E-state index is 5.76.